The highest BCUT2D eigenvalue weighted by atomic mass is 16.5. The molecular weight excluding hydrogens is 356 g/mol. The Hall–Kier alpha value is -2.94. The predicted molar refractivity (Wildman–Crippen MR) is 90.1 cm³/mol. The first-order valence-electron chi connectivity index (χ1n) is 8.30. The molecule has 2 aliphatic rings. The lowest BCUT2D eigenvalue weighted by molar-refractivity contribution is -0.159. The molecule has 9 nitrogen and oxygen atoms in total. The van der Waals surface area contributed by atoms with E-state index in [1.165, 1.54) is 26.3 Å². The average Bonchev–Trinajstić information content (AvgIpc) is 3.12. The molecule has 0 aromatic heterocycles. The maximum Gasteiger partial charge on any atom is 0.327 e. The summed E-state index contributed by atoms with van der Waals surface area (Å²) in [6.45, 7) is 0. The fourth-order valence-corrected chi connectivity index (χ4v) is 4.02. The van der Waals surface area contributed by atoms with E-state index in [1.54, 1.807) is 12.1 Å². The van der Waals surface area contributed by atoms with E-state index in [9.17, 15) is 24.3 Å². The number of likely N-dealkylation sites (tertiary alicyclic amines) is 1. The number of phenols is 1. The van der Waals surface area contributed by atoms with Crippen LogP contribution in [0, 0.1) is 11.8 Å². The third-order valence-electron chi connectivity index (χ3n) is 5.33. The van der Waals surface area contributed by atoms with Crippen LogP contribution in [0.15, 0.2) is 24.3 Å². The van der Waals surface area contributed by atoms with Crippen molar-refractivity contribution in [3.05, 3.63) is 29.8 Å². The normalized spacial score (nSPS) is 29.6. The van der Waals surface area contributed by atoms with Crippen LogP contribution >= 0.6 is 0 Å². The summed E-state index contributed by atoms with van der Waals surface area (Å²) in [7, 11) is 3.67. The summed E-state index contributed by atoms with van der Waals surface area (Å²) in [5.74, 6) is -4.52. The highest BCUT2D eigenvalue weighted by Crippen LogP contribution is 2.50. The smallest absolute Gasteiger partial charge is 0.327 e. The van der Waals surface area contributed by atoms with Crippen LogP contribution in [0.1, 0.15) is 18.0 Å². The lowest BCUT2D eigenvalue weighted by Crippen LogP contribution is -2.57. The van der Waals surface area contributed by atoms with Crippen LogP contribution < -0.4 is 5.32 Å². The Kier molecular flexibility index (Phi) is 4.64. The van der Waals surface area contributed by atoms with E-state index in [0.29, 0.717) is 5.56 Å². The molecule has 2 saturated heterocycles. The second-order valence-electron chi connectivity index (χ2n) is 6.67. The van der Waals surface area contributed by atoms with Gasteiger partial charge in [0.1, 0.15) is 11.3 Å². The molecule has 2 aliphatic heterocycles. The van der Waals surface area contributed by atoms with E-state index in [2.05, 4.69) is 5.32 Å². The monoisotopic (exact) mass is 376 g/mol. The molecule has 27 heavy (non-hydrogen) atoms. The number of fused-ring (bicyclic) bond motifs is 1. The molecule has 9 heteroatoms. The SMILES string of the molecule is COC(=O)C[C@@]1(C(=O)OC)N[C@H](c2ccc(O)cc2)[C@@H]2C(=O)N(C)C(=O)[C@@H]21. The number of esters is 2. The van der Waals surface area contributed by atoms with Gasteiger partial charge in [-0.1, -0.05) is 12.1 Å². The number of hydrogen-bond donors (Lipinski definition) is 2. The standard InChI is InChI=1S/C18H20N2O7/c1-20-15(23)12-13(16(20)24)18(17(25)27-3,8-11(22)26-2)19-14(12)9-4-6-10(21)7-5-9/h4-7,12-14,19,21H,8H2,1-3H3/t12-,13-,14-,18-/m1/s1. The molecule has 2 heterocycles. The van der Waals surface area contributed by atoms with E-state index < -0.39 is 53.6 Å². The number of carbonyl (C=O) groups excluding carboxylic acids is 4. The van der Waals surface area contributed by atoms with Gasteiger partial charge in [-0.05, 0) is 17.7 Å². The largest absolute Gasteiger partial charge is 0.508 e. The van der Waals surface area contributed by atoms with Crippen LogP contribution in [0.3, 0.4) is 0 Å². The third-order valence-corrected chi connectivity index (χ3v) is 5.33. The van der Waals surface area contributed by atoms with E-state index in [4.69, 9.17) is 9.47 Å². The lowest BCUT2D eigenvalue weighted by Gasteiger charge is -2.31. The summed E-state index contributed by atoms with van der Waals surface area (Å²) in [5, 5.41) is 12.5. The maximum absolute atomic E-state index is 12.8. The number of ether oxygens (including phenoxy) is 2. The zero-order chi connectivity index (χ0) is 19.9. The van der Waals surface area contributed by atoms with Crippen molar-refractivity contribution in [3.8, 4) is 5.75 Å². The first kappa shape index (κ1) is 18.8. The van der Waals surface area contributed by atoms with Gasteiger partial charge in [0.15, 0.2) is 0 Å². The van der Waals surface area contributed by atoms with Gasteiger partial charge in [-0.2, -0.15) is 0 Å². The van der Waals surface area contributed by atoms with Crippen molar-refractivity contribution in [3.63, 3.8) is 0 Å². The lowest BCUT2D eigenvalue weighted by atomic mass is 9.77. The minimum Gasteiger partial charge on any atom is -0.508 e. The quantitative estimate of drug-likeness (QED) is 0.545. The fourth-order valence-electron chi connectivity index (χ4n) is 4.02. The van der Waals surface area contributed by atoms with Crippen molar-refractivity contribution in [2.45, 2.75) is 18.0 Å². The Morgan fingerprint density at radius 1 is 1.15 bits per heavy atom. The minimum atomic E-state index is -1.73. The predicted octanol–water partition coefficient (Wildman–Crippen LogP) is -0.258. The van der Waals surface area contributed by atoms with Gasteiger partial charge < -0.3 is 14.6 Å². The van der Waals surface area contributed by atoms with Gasteiger partial charge >= 0.3 is 11.9 Å². The molecule has 0 aliphatic carbocycles. The number of amides is 2. The second kappa shape index (κ2) is 6.66. The molecule has 144 valence electrons. The highest BCUT2D eigenvalue weighted by molar-refractivity contribution is 6.10. The number of hydrogen-bond acceptors (Lipinski definition) is 8. The molecule has 0 radical (unpaired) electrons. The molecule has 0 bridgehead atoms. The zero-order valence-corrected chi connectivity index (χ0v) is 15.1. The molecule has 2 N–H and O–H groups in total. The van der Waals surface area contributed by atoms with E-state index in [0.717, 1.165) is 12.0 Å². The van der Waals surface area contributed by atoms with Crippen molar-refractivity contribution in [1.82, 2.24) is 10.2 Å². The van der Waals surface area contributed by atoms with Crippen molar-refractivity contribution >= 4 is 23.8 Å². The van der Waals surface area contributed by atoms with Crippen molar-refractivity contribution in [2.75, 3.05) is 21.3 Å². The van der Waals surface area contributed by atoms with Crippen LogP contribution in [-0.2, 0) is 28.7 Å². The van der Waals surface area contributed by atoms with Gasteiger partial charge in [-0.3, -0.25) is 29.4 Å². The molecule has 3 rings (SSSR count). The summed E-state index contributed by atoms with van der Waals surface area (Å²) in [6, 6.07) is 5.34. The van der Waals surface area contributed by atoms with Crippen LogP contribution in [0.5, 0.6) is 5.75 Å². The Morgan fingerprint density at radius 2 is 1.78 bits per heavy atom. The van der Waals surface area contributed by atoms with Crippen LogP contribution in [0.4, 0.5) is 0 Å². The van der Waals surface area contributed by atoms with Gasteiger partial charge in [0.2, 0.25) is 11.8 Å². The zero-order valence-electron chi connectivity index (χ0n) is 15.1. The Labute approximate surface area is 155 Å². The summed E-state index contributed by atoms with van der Waals surface area (Å²) in [5.41, 5.74) is -1.14. The first-order chi connectivity index (χ1) is 12.8. The van der Waals surface area contributed by atoms with Gasteiger partial charge in [-0.15, -0.1) is 0 Å². The molecular formula is C18H20N2O7. The van der Waals surface area contributed by atoms with E-state index >= 15 is 0 Å². The molecule has 2 amide bonds. The molecule has 1 aromatic rings. The summed E-state index contributed by atoms with van der Waals surface area (Å²) in [4.78, 5) is 51.3. The number of rotatable bonds is 4. The van der Waals surface area contributed by atoms with Crippen LogP contribution in [-0.4, -0.2) is 60.6 Å². The molecule has 1 aromatic carbocycles. The molecule has 4 atom stereocenters. The number of nitrogens with zero attached hydrogens (tertiary/aromatic N) is 1. The van der Waals surface area contributed by atoms with Gasteiger partial charge in [0, 0.05) is 13.1 Å². The third kappa shape index (κ3) is 2.74. The first-order valence-corrected chi connectivity index (χ1v) is 8.30. The van der Waals surface area contributed by atoms with Crippen molar-refractivity contribution in [2.24, 2.45) is 11.8 Å². The van der Waals surface area contributed by atoms with Crippen LogP contribution in [0.2, 0.25) is 0 Å². The number of benzene rings is 1. The number of nitrogens with one attached hydrogen (secondary N) is 1. The second-order valence-corrected chi connectivity index (χ2v) is 6.67. The molecule has 0 saturated carbocycles. The number of aromatic hydroxyl groups is 1. The van der Waals surface area contributed by atoms with E-state index in [-0.39, 0.29) is 5.75 Å². The van der Waals surface area contributed by atoms with E-state index in [1.807, 2.05) is 0 Å². The van der Waals surface area contributed by atoms with Crippen LogP contribution in [0.25, 0.3) is 0 Å². The molecule has 0 unspecified atom stereocenters. The van der Waals surface area contributed by atoms with Gasteiger partial charge in [0.25, 0.3) is 0 Å². The van der Waals surface area contributed by atoms with Gasteiger partial charge in [-0.25, -0.2) is 0 Å². The topological polar surface area (TPSA) is 122 Å². The number of phenolic OH excluding ortho intramolecular Hbond substituents is 1. The number of carbonyl (C=O) groups is 4. The Bertz CT molecular complexity index is 806. The maximum atomic E-state index is 12.8. The average molecular weight is 376 g/mol. The molecule has 2 fully saturated rings. The number of imide groups is 1. The minimum absolute atomic E-state index is 0.0352. The van der Waals surface area contributed by atoms with Crippen molar-refractivity contribution in [1.29, 1.82) is 0 Å². The number of methoxy groups -OCH3 is 2. The van der Waals surface area contributed by atoms with Crippen molar-refractivity contribution < 1.29 is 33.8 Å². The molecule has 0 spiro atoms. The van der Waals surface area contributed by atoms with Gasteiger partial charge in [0.05, 0.1) is 32.5 Å². The Morgan fingerprint density at radius 3 is 2.33 bits per heavy atom. The Balaban J connectivity index is 2.15. The highest BCUT2D eigenvalue weighted by Gasteiger charge is 2.68. The summed E-state index contributed by atoms with van der Waals surface area (Å²) >= 11 is 0. The fraction of sp³-hybridized carbons (Fsp3) is 0.444. The summed E-state index contributed by atoms with van der Waals surface area (Å²) < 4.78 is 9.58. The summed E-state index contributed by atoms with van der Waals surface area (Å²) in [6.07, 6.45) is -0.460.